The zero-order valence-electron chi connectivity index (χ0n) is 6.20. The molecule has 12 heavy (non-hydrogen) atoms. The fourth-order valence-electron chi connectivity index (χ4n) is 0.858. The summed E-state index contributed by atoms with van der Waals surface area (Å²) in [4.78, 5) is 10.7. The fraction of sp³-hybridized carbons (Fsp3) is 0.125. The maximum Gasteiger partial charge on any atom is 0.252 e. The Morgan fingerprint density at radius 2 is 2.08 bits per heavy atom. The Balaban J connectivity index is 3.33. The van der Waals surface area contributed by atoms with Crippen molar-refractivity contribution in [1.82, 2.24) is 0 Å². The molecule has 0 saturated carbocycles. The van der Waals surface area contributed by atoms with E-state index in [1.165, 1.54) is 6.07 Å². The lowest BCUT2D eigenvalue weighted by Gasteiger charge is -2.01. The number of aryl methyl sites for hydroxylation is 1. The van der Waals surface area contributed by atoms with E-state index in [-0.39, 0.29) is 10.6 Å². The molecule has 0 aliphatic rings. The molecular formula is C8H5Cl2FO. The lowest BCUT2D eigenvalue weighted by Crippen LogP contribution is -1.94. The van der Waals surface area contributed by atoms with Crippen LogP contribution in [0, 0.1) is 12.7 Å². The average molecular weight is 207 g/mol. The number of carbonyl (C=O) groups excluding carboxylic acids is 1. The van der Waals surface area contributed by atoms with E-state index in [0.717, 1.165) is 6.07 Å². The monoisotopic (exact) mass is 206 g/mol. The molecule has 0 radical (unpaired) electrons. The second-order valence-corrected chi connectivity index (χ2v) is 3.11. The third-order valence-electron chi connectivity index (χ3n) is 1.48. The van der Waals surface area contributed by atoms with Gasteiger partial charge in [-0.25, -0.2) is 4.39 Å². The Kier molecular flexibility index (Phi) is 2.70. The molecule has 0 aromatic heterocycles. The summed E-state index contributed by atoms with van der Waals surface area (Å²) in [5.41, 5.74) is 0.722. The molecule has 1 aromatic carbocycles. The van der Waals surface area contributed by atoms with Crippen molar-refractivity contribution in [2.24, 2.45) is 0 Å². The molecule has 0 aliphatic carbocycles. The first-order valence-corrected chi connectivity index (χ1v) is 3.93. The van der Waals surface area contributed by atoms with Crippen molar-refractivity contribution in [3.63, 3.8) is 0 Å². The normalized spacial score (nSPS) is 10.0. The molecule has 4 heteroatoms. The van der Waals surface area contributed by atoms with Crippen molar-refractivity contribution in [2.45, 2.75) is 6.92 Å². The van der Waals surface area contributed by atoms with E-state index in [0.29, 0.717) is 5.56 Å². The van der Waals surface area contributed by atoms with Crippen LogP contribution in [-0.4, -0.2) is 5.24 Å². The SMILES string of the molecule is Cc1cc(Cl)c(F)cc1C(=O)Cl. The molecule has 0 N–H and O–H groups in total. The highest BCUT2D eigenvalue weighted by molar-refractivity contribution is 6.67. The standard InChI is InChI=1S/C8H5Cl2FO/c1-4-2-6(9)7(11)3-5(4)8(10)12/h2-3H,1H3. The van der Waals surface area contributed by atoms with Crippen molar-refractivity contribution in [3.8, 4) is 0 Å². The van der Waals surface area contributed by atoms with E-state index in [9.17, 15) is 9.18 Å². The van der Waals surface area contributed by atoms with Crippen LogP contribution in [0.2, 0.25) is 5.02 Å². The first kappa shape index (κ1) is 9.49. The van der Waals surface area contributed by atoms with Crippen LogP contribution in [0.4, 0.5) is 4.39 Å². The number of carbonyl (C=O) groups is 1. The van der Waals surface area contributed by atoms with Gasteiger partial charge in [-0.2, -0.15) is 0 Å². The first-order valence-electron chi connectivity index (χ1n) is 3.18. The van der Waals surface area contributed by atoms with Gasteiger partial charge in [0, 0.05) is 5.56 Å². The second-order valence-electron chi connectivity index (χ2n) is 2.35. The minimum absolute atomic E-state index is 0.00540. The predicted molar refractivity (Wildman–Crippen MR) is 46.3 cm³/mol. The molecule has 0 unspecified atom stereocenters. The van der Waals surface area contributed by atoms with Gasteiger partial charge in [0.25, 0.3) is 5.24 Å². The highest BCUT2D eigenvalue weighted by Gasteiger charge is 2.09. The van der Waals surface area contributed by atoms with Crippen molar-refractivity contribution in [1.29, 1.82) is 0 Å². The van der Waals surface area contributed by atoms with Gasteiger partial charge < -0.3 is 0 Å². The Bertz CT molecular complexity index is 336. The Morgan fingerprint density at radius 1 is 1.50 bits per heavy atom. The van der Waals surface area contributed by atoms with Crippen LogP contribution in [-0.2, 0) is 0 Å². The quantitative estimate of drug-likeness (QED) is 0.646. The number of benzene rings is 1. The summed E-state index contributed by atoms with van der Waals surface area (Å²) in [6, 6.07) is 2.40. The predicted octanol–water partition coefficient (Wildman–Crippen LogP) is 3.17. The summed E-state index contributed by atoms with van der Waals surface area (Å²) in [6.45, 7) is 1.64. The van der Waals surface area contributed by atoms with Gasteiger partial charge in [-0.15, -0.1) is 0 Å². The molecule has 0 amide bonds. The van der Waals surface area contributed by atoms with Gasteiger partial charge in [0.2, 0.25) is 0 Å². The van der Waals surface area contributed by atoms with Gasteiger partial charge in [0.15, 0.2) is 0 Å². The van der Waals surface area contributed by atoms with Crippen LogP contribution in [0.1, 0.15) is 15.9 Å². The van der Waals surface area contributed by atoms with Crippen LogP contribution in [0.3, 0.4) is 0 Å². The highest BCUT2D eigenvalue weighted by atomic mass is 35.5. The number of rotatable bonds is 1. The molecule has 1 aromatic rings. The molecule has 0 aliphatic heterocycles. The molecule has 0 atom stereocenters. The Labute approximate surface area is 79.1 Å². The minimum atomic E-state index is -0.678. The van der Waals surface area contributed by atoms with Crippen molar-refractivity contribution >= 4 is 28.4 Å². The zero-order valence-corrected chi connectivity index (χ0v) is 7.71. The Morgan fingerprint density at radius 3 is 2.58 bits per heavy atom. The number of hydrogen-bond donors (Lipinski definition) is 0. The van der Waals surface area contributed by atoms with Crippen molar-refractivity contribution in [3.05, 3.63) is 34.1 Å². The molecular weight excluding hydrogens is 202 g/mol. The minimum Gasteiger partial charge on any atom is -0.276 e. The maximum absolute atomic E-state index is 12.8. The zero-order chi connectivity index (χ0) is 9.30. The smallest absolute Gasteiger partial charge is 0.252 e. The lowest BCUT2D eigenvalue weighted by molar-refractivity contribution is 0.108. The van der Waals surface area contributed by atoms with E-state index < -0.39 is 11.1 Å². The summed E-state index contributed by atoms with van der Waals surface area (Å²) in [5, 5.41) is -0.683. The summed E-state index contributed by atoms with van der Waals surface area (Å²) in [5.74, 6) is -0.633. The topological polar surface area (TPSA) is 17.1 Å². The van der Waals surface area contributed by atoms with Gasteiger partial charge in [0.1, 0.15) is 5.82 Å². The van der Waals surface area contributed by atoms with E-state index in [2.05, 4.69) is 0 Å². The van der Waals surface area contributed by atoms with Crippen LogP contribution in [0.15, 0.2) is 12.1 Å². The molecule has 1 nitrogen and oxygen atoms in total. The fourth-order valence-corrected chi connectivity index (χ4v) is 1.28. The Hall–Kier alpha value is -0.600. The summed E-state index contributed by atoms with van der Waals surface area (Å²) in [6.07, 6.45) is 0. The van der Waals surface area contributed by atoms with E-state index in [1.54, 1.807) is 6.92 Å². The maximum atomic E-state index is 12.8. The molecule has 0 saturated heterocycles. The van der Waals surface area contributed by atoms with Gasteiger partial charge >= 0.3 is 0 Å². The summed E-state index contributed by atoms with van der Waals surface area (Å²) >= 11 is 10.6. The van der Waals surface area contributed by atoms with E-state index >= 15 is 0 Å². The van der Waals surface area contributed by atoms with Gasteiger partial charge in [-0.05, 0) is 36.2 Å². The first-order chi connectivity index (χ1) is 5.52. The van der Waals surface area contributed by atoms with E-state index in [1.807, 2.05) is 0 Å². The highest BCUT2D eigenvalue weighted by Crippen LogP contribution is 2.20. The van der Waals surface area contributed by atoms with Crippen LogP contribution < -0.4 is 0 Å². The summed E-state index contributed by atoms with van der Waals surface area (Å²) in [7, 11) is 0. The molecule has 0 spiro atoms. The lowest BCUT2D eigenvalue weighted by atomic mass is 10.1. The third-order valence-corrected chi connectivity index (χ3v) is 1.97. The molecule has 0 bridgehead atoms. The van der Waals surface area contributed by atoms with Gasteiger partial charge in [-0.3, -0.25) is 4.79 Å². The molecule has 0 heterocycles. The average Bonchev–Trinajstić information content (AvgIpc) is 1.96. The van der Waals surface area contributed by atoms with Crippen LogP contribution in [0.25, 0.3) is 0 Å². The van der Waals surface area contributed by atoms with Crippen LogP contribution >= 0.6 is 23.2 Å². The van der Waals surface area contributed by atoms with Gasteiger partial charge in [0.05, 0.1) is 5.02 Å². The van der Waals surface area contributed by atoms with E-state index in [4.69, 9.17) is 23.2 Å². The molecule has 64 valence electrons. The molecule has 0 fully saturated rings. The van der Waals surface area contributed by atoms with Crippen molar-refractivity contribution < 1.29 is 9.18 Å². The van der Waals surface area contributed by atoms with Crippen LogP contribution in [0.5, 0.6) is 0 Å². The number of hydrogen-bond acceptors (Lipinski definition) is 1. The largest absolute Gasteiger partial charge is 0.276 e. The number of halogens is 3. The molecule has 1 rings (SSSR count). The second kappa shape index (κ2) is 3.42. The van der Waals surface area contributed by atoms with Gasteiger partial charge in [-0.1, -0.05) is 11.6 Å². The summed E-state index contributed by atoms with van der Waals surface area (Å²) < 4.78 is 12.8. The third kappa shape index (κ3) is 1.76. The van der Waals surface area contributed by atoms with Crippen molar-refractivity contribution in [2.75, 3.05) is 0 Å².